The average Bonchev–Trinajstić information content (AvgIpc) is 3.42. The molecule has 0 spiro atoms. The van der Waals surface area contributed by atoms with E-state index in [-0.39, 0.29) is 22.6 Å². The summed E-state index contributed by atoms with van der Waals surface area (Å²) in [6, 6.07) is 0.925. The maximum atomic E-state index is 15.4. The Balaban J connectivity index is 1.99. The summed E-state index contributed by atoms with van der Waals surface area (Å²) in [5.74, 6) is -3.02. The number of halogens is 2. The van der Waals surface area contributed by atoms with Gasteiger partial charge in [0, 0.05) is 31.9 Å². The molecule has 2 aliphatic rings. The summed E-state index contributed by atoms with van der Waals surface area (Å²) in [5, 5.41) is 12.2. The molecule has 138 valence electrons. The van der Waals surface area contributed by atoms with Gasteiger partial charge in [0.05, 0.1) is 10.9 Å². The first kappa shape index (κ1) is 17.0. The minimum Gasteiger partial charge on any atom is -0.477 e. The normalized spacial score (nSPS) is 18.2. The van der Waals surface area contributed by atoms with Crippen LogP contribution in [-0.2, 0) is 0 Å². The van der Waals surface area contributed by atoms with Gasteiger partial charge >= 0.3 is 5.97 Å². The summed E-state index contributed by atoms with van der Waals surface area (Å²) in [6.45, 7) is 2.36. The SMILES string of the molecule is O=C(O)c1cn(C2CC2)c2c(F)c(N3CCCNCC3)c(F)cc2c1=O. The molecule has 1 saturated heterocycles. The minimum absolute atomic E-state index is 0.00361. The van der Waals surface area contributed by atoms with Crippen molar-refractivity contribution >= 4 is 22.6 Å². The van der Waals surface area contributed by atoms with Gasteiger partial charge in [-0.2, -0.15) is 0 Å². The van der Waals surface area contributed by atoms with Gasteiger partial charge in [0.2, 0.25) is 5.43 Å². The van der Waals surface area contributed by atoms with E-state index >= 15 is 4.39 Å². The second kappa shape index (κ2) is 6.35. The molecule has 2 N–H and O–H groups in total. The number of hydrogen-bond donors (Lipinski definition) is 2. The quantitative estimate of drug-likeness (QED) is 0.874. The van der Waals surface area contributed by atoms with Crippen LogP contribution in [0.25, 0.3) is 10.9 Å². The zero-order chi connectivity index (χ0) is 18.4. The van der Waals surface area contributed by atoms with E-state index in [2.05, 4.69) is 5.32 Å². The van der Waals surface area contributed by atoms with Gasteiger partial charge in [-0.3, -0.25) is 4.79 Å². The Morgan fingerprint density at radius 3 is 2.69 bits per heavy atom. The lowest BCUT2D eigenvalue weighted by Crippen LogP contribution is -2.30. The lowest BCUT2D eigenvalue weighted by molar-refractivity contribution is 0.0695. The fourth-order valence-corrected chi connectivity index (χ4v) is 3.58. The van der Waals surface area contributed by atoms with Gasteiger partial charge in [-0.25, -0.2) is 13.6 Å². The molecular weight excluding hydrogens is 344 g/mol. The van der Waals surface area contributed by atoms with Crippen molar-refractivity contribution in [3.05, 3.63) is 39.7 Å². The van der Waals surface area contributed by atoms with E-state index in [1.807, 2.05) is 0 Å². The van der Waals surface area contributed by atoms with Crippen molar-refractivity contribution in [3.8, 4) is 0 Å². The molecule has 1 aromatic carbocycles. The van der Waals surface area contributed by atoms with Crippen molar-refractivity contribution in [3.63, 3.8) is 0 Å². The Hall–Kier alpha value is -2.48. The third-order valence-electron chi connectivity index (χ3n) is 5.01. The highest BCUT2D eigenvalue weighted by Gasteiger charge is 2.31. The molecule has 1 aliphatic heterocycles. The molecule has 0 bridgehead atoms. The van der Waals surface area contributed by atoms with Crippen LogP contribution in [0.1, 0.15) is 35.7 Å². The van der Waals surface area contributed by atoms with Crippen LogP contribution < -0.4 is 15.6 Å². The number of nitrogens with one attached hydrogen (secondary N) is 1. The molecule has 1 aromatic heterocycles. The topological polar surface area (TPSA) is 74.6 Å². The predicted octanol–water partition coefficient (Wildman–Crippen LogP) is 2.11. The molecule has 6 nitrogen and oxygen atoms in total. The van der Waals surface area contributed by atoms with E-state index in [1.54, 1.807) is 4.90 Å². The standard InChI is InChI=1S/C18H19F2N3O3/c19-13-8-11-15(14(20)16(13)22-6-1-4-21-5-7-22)23(10-2-3-10)9-12(17(11)24)18(25)26/h8-10,21H,1-7H2,(H,25,26). The zero-order valence-electron chi connectivity index (χ0n) is 14.1. The molecule has 0 radical (unpaired) electrons. The van der Waals surface area contributed by atoms with Crippen molar-refractivity contribution in [2.24, 2.45) is 0 Å². The summed E-state index contributed by atoms with van der Waals surface area (Å²) in [6.07, 6.45) is 3.50. The third kappa shape index (κ3) is 2.74. The van der Waals surface area contributed by atoms with Crippen molar-refractivity contribution in [2.45, 2.75) is 25.3 Å². The molecule has 4 rings (SSSR count). The summed E-state index contributed by atoms with van der Waals surface area (Å²) in [4.78, 5) is 25.5. The van der Waals surface area contributed by atoms with E-state index in [0.717, 1.165) is 31.9 Å². The molecule has 1 saturated carbocycles. The Morgan fingerprint density at radius 2 is 2.00 bits per heavy atom. The third-order valence-corrected chi connectivity index (χ3v) is 5.01. The highest BCUT2D eigenvalue weighted by atomic mass is 19.1. The number of fused-ring (bicyclic) bond motifs is 1. The summed E-state index contributed by atoms with van der Waals surface area (Å²) >= 11 is 0. The predicted molar refractivity (Wildman–Crippen MR) is 93.1 cm³/mol. The molecule has 2 fully saturated rings. The van der Waals surface area contributed by atoms with Crippen LogP contribution in [0.2, 0.25) is 0 Å². The monoisotopic (exact) mass is 363 g/mol. The van der Waals surface area contributed by atoms with Crippen molar-refractivity contribution in [1.82, 2.24) is 9.88 Å². The first-order chi connectivity index (χ1) is 12.5. The molecule has 1 aliphatic carbocycles. The molecule has 2 aromatic rings. The number of aromatic nitrogens is 1. The Labute approximate surface area is 148 Å². The second-order valence-corrected chi connectivity index (χ2v) is 6.82. The molecule has 2 heterocycles. The number of carboxylic acid groups (broad SMARTS) is 1. The minimum atomic E-state index is -1.39. The number of anilines is 1. The molecule has 8 heteroatoms. The van der Waals surface area contributed by atoms with Crippen LogP contribution in [-0.4, -0.2) is 41.8 Å². The molecule has 0 unspecified atom stereocenters. The van der Waals surface area contributed by atoms with Gasteiger partial charge in [-0.1, -0.05) is 0 Å². The Kier molecular flexibility index (Phi) is 4.14. The van der Waals surface area contributed by atoms with Crippen LogP contribution in [0.3, 0.4) is 0 Å². The Morgan fingerprint density at radius 1 is 1.23 bits per heavy atom. The number of hydrogen-bond acceptors (Lipinski definition) is 4. The molecule has 26 heavy (non-hydrogen) atoms. The molecule has 0 atom stereocenters. The van der Waals surface area contributed by atoms with Crippen molar-refractivity contribution in [2.75, 3.05) is 31.1 Å². The average molecular weight is 363 g/mol. The van der Waals surface area contributed by atoms with Crippen molar-refractivity contribution in [1.29, 1.82) is 0 Å². The van der Waals surface area contributed by atoms with Crippen LogP contribution in [0.4, 0.5) is 14.5 Å². The van der Waals surface area contributed by atoms with Crippen LogP contribution in [0.15, 0.2) is 17.1 Å². The maximum absolute atomic E-state index is 15.4. The molecule has 0 amide bonds. The number of nitrogens with zero attached hydrogens (tertiary/aromatic N) is 2. The molecular formula is C18H19F2N3O3. The number of pyridine rings is 1. The maximum Gasteiger partial charge on any atom is 0.341 e. The summed E-state index contributed by atoms with van der Waals surface area (Å²) < 4.78 is 31.7. The first-order valence-corrected chi connectivity index (χ1v) is 8.75. The Bertz CT molecular complexity index is 945. The van der Waals surface area contributed by atoms with Gasteiger partial charge in [0.25, 0.3) is 0 Å². The largest absolute Gasteiger partial charge is 0.477 e. The van der Waals surface area contributed by atoms with Crippen molar-refractivity contribution < 1.29 is 18.7 Å². The lowest BCUT2D eigenvalue weighted by atomic mass is 10.1. The van der Waals surface area contributed by atoms with Gasteiger partial charge in [0.15, 0.2) is 5.82 Å². The summed E-state index contributed by atoms with van der Waals surface area (Å²) in [7, 11) is 0. The summed E-state index contributed by atoms with van der Waals surface area (Å²) in [5.41, 5.74) is -1.46. The van der Waals surface area contributed by atoms with E-state index in [4.69, 9.17) is 0 Å². The number of carboxylic acids is 1. The first-order valence-electron chi connectivity index (χ1n) is 8.75. The smallest absolute Gasteiger partial charge is 0.341 e. The van der Waals surface area contributed by atoms with Crippen LogP contribution >= 0.6 is 0 Å². The van der Waals surface area contributed by atoms with E-state index in [0.29, 0.717) is 19.6 Å². The second-order valence-electron chi connectivity index (χ2n) is 6.82. The zero-order valence-corrected chi connectivity index (χ0v) is 14.1. The highest BCUT2D eigenvalue weighted by Crippen LogP contribution is 2.39. The van der Waals surface area contributed by atoms with E-state index < -0.39 is 28.6 Å². The fourth-order valence-electron chi connectivity index (χ4n) is 3.58. The van der Waals surface area contributed by atoms with E-state index in [9.17, 15) is 19.1 Å². The number of carbonyl (C=O) groups is 1. The number of aromatic carboxylic acids is 1. The highest BCUT2D eigenvalue weighted by molar-refractivity contribution is 5.94. The van der Waals surface area contributed by atoms with Gasteiger partial charge < -0.3 is 19.9 Å². The van der Waals surface area contributed by atoms with Gasteiger partial charge in [0.1, 0.15) is 17.1 Å². The van der Waals surface area contributed by atoms with Crippen LogP contribution in [0, 0.1) is 11.6 Å². The van der Waals surface area contributed by atoms with Gasteiger partial charge in [-0.15, -0.1) is 0 Å². The van der Waals surface area contributed by atoms with Crippen LogP contribution in [0.5, 0.6) is 0 Å². The fraction of sp³-hybridized carbons (Fsp3) is 0.444. The van der Waals surface area contributed by atoms with E-state index in [1.165, 1.54) is 10.8 Å². The van der Waals surface area contributed by atoms with Gasteiger partial charge in [-0.05, 0) is 31.9 Å². The number of rotatable bonds is 3. The lowest BCUT2D eigenvalue weighted by Gasteiger charge is -2.25. The number of benzene rings is 1.